The van der Waals surface area contributed by atoms with Crippen molar-refractivity contribution < 1.29 is 14.0 Å². The molecule has 0 fully saturated rings. The lowest BCUT2D eigenvalue weighted by Crippen LogP contribution is -2.40. The molecule has 0 amide bonds. The zero-order valence-corrected chi connectivity index (χ0v) is 18.6. The van der Waals surface area contributed by atoms with Crippen molar-refractivity contribution in [3.8, 4) is 0 Å². The smallest absolute Gasteiger partial charge is 0.338 e. The van der Waals surface area contributed by atoms with Gasteiger partial charge in [0.15, 0.2) is 8.32 Å². The van der Waals surface area contributed by atoms with Gasteiger partial charge in [0.1, 0.15) is 5.60 Å². The maximum atomic E-state index is 12.2. The van der Waals surface area contributed by atoms with Crippen LogP contribution in [0.25, 0.3) is 6.08 Å². The van der Waals surface area contributed by atoms with Crippen LogP contribution in [0.3, 0.4) is 0 Å². The van der Waals surface area contributed by atoms with Gasteiger partial charge in [-0.25, -0.2) is 4.79 Å². The Bertz CT molecular complexity index is 652. The monoisotopic (exact) mass is 377 g/mol. The summed E-state index contributed by atoms with van der Waals surface area (Å²) < 4.78 is 11.6. The van der Waals surface area contributed by atoms with E-state index in [2.05, 4.69) is 33.9 Å². The van der Waals surface area contributed by atoms with Crippen molar-refractivity contribution in [2.45, 2.75) is 71.7 Å². The summed E-state index contributed by atoms with van der Waals surface area (Å²) in [6, 6.07) is 5.21. The van der Waals surface area contributed by atoms with Crippen LogP contribution in [-0.4, -0.2) is 26.5 Å². The van der Waals surface area contributed by atoms with E-state index in [1.807, 2.05) is 32.9 Å². The molecule has 0 spiro atoms. The second-order valence-corrected chi connectivity index (χ2v) is 14.0. The maximum Gasteiger partial charge on any atom is 0.338 e. The highest BCUT2D eigenvalue weighted by molar-refractivity contribution is 6.74. The topological polar surface area (TPSA) is 61.5 Å². The van der Waals surface area contributed by atoms with E-state index in [9.17, 15) is 4.79 Å². The van der Waals surface area contributed by atoms with Gasteiger partial charge in [0.2, 0.25) is 0 Å². The quantitative estimate of drug-likeness (QED) is 0.301. The fourth-order valence-corrected chi connectivity index (χ4v) is 3.05. The van der Waals surface area contributed by atoms with Crippen LogP contribution in [-0.2, 0) is 9.16 Å². The average molecular weight is 378 g/mol. The molecule has 146 valence electrons. The predicted octanol–water partition coefficient (Wildman–Crippen LogP) is 5.65. The molecule has 0 saturated carbocycles. The number of hydrogen-bond donors (Lipinski definition) is 1. The summed E-state index contributed by atoms with van der Waals surface area (Å²) in [4.78, 5) is 12.2. The lowest BCUT2D eigenvalue weighted by molar-refractivity contribution is 0.00695. The van der Waals surface area contributed by atoms with Crippen LogP contribution in [0.15, 0.2) is 24.3 Å². The van der Waals surface area contributed by atoms with Crippen molar-refractivity contribution in [3.63, 3.8) is 0 Å². The first kappa shape index (κ1) is 22.4. The minimum absolute atomic E-state index is 0.211. The summed E-state index contributed by atoms with van der Waals surface area (Å²) in [5.41, 5.74) is 7.48. The first-order valence-corrected chi connectivity index (χ1v) is 12.1. The molecular weight excluding hydrogens is 342 g/mol. The van der Waals surface area contributed by atoms with Crippen LogP contribution < -0.4 is 5.73 Å². The van der Waals surface area contributed by atoms with Gasteiger partial charge in [-0.1, -0.05) is 32.9 Å². The molecule has 5 heteroatoms. The summed E-state index contributed by atoms with van der Waals surface area (Å²) in [5, 5.41) is 0.211. The highest BCUT2D eigenvalue weighted by atomic mass is 28.4. The number of benzene rings is 1. The molecule has 0 atom stereocenters. The second kappa shape index (κ2) is 8.40. The fourth-order valence-electron chi connectivity index (χ4n) is 1.99. The van der Waals surface area contributed by atoms with Gasteiger partial charge in [0.05, 0.1) is 5.56 Å². The van der Waals surface area contributed by atoms with E-state index >= 15 is 0 Å². The molecule has 0 saturated heterocycles. The molecular formula is C21H35NO3Si. The van der Waals surface area contributed by atoms with Crippen LogP contribution in [0.1, 0.15) is 63.9 Å². The highest BCUT2D eigenvalue weighted by Gasteiger charge is 2.36. The minimum atomic E-state index is -1.71. The van der Waals surface area contributed by atoms with E-state index in [1.165, 1.54) is 0 Å². The van der Waals surface area contributed by atoms with Gasteiger partial charge in [-0.05, 0) is 69.1 Å². The van der Waals surface area contributed by atoms with E-state index in [-0.39, 0.29) is 11.0 Å². The van der Waals surface area contributed by atoms with E-state index in [4.69, 9.17) is 14.9 Å². The van der Waals surface area contributed by atoms with Gasteiger partial charge in [0, 0.05) is 12.3 Å². The fraction of sp³-hybridized carbons (Fsp3) is 0.571. The molecule has 1 aromatic carbocycles. The normalized spacial score (nSPS) is 13.2. The Kier molecular flexibility index (Phi) is 7.25. The molecule has 0 bridgehead atoms. The molecule has 0 aliphatic heterocycles. The molecule has 0 heterocycles. The Morgan fingerprint density at radius 2 is 1.77 bits per heavy atom. The van der Waals surface area contributed by atoms with Crippen molar-refractivity contribution >= 4 is 26.1 Å². The third kappa shape index (κ3) is 6.96. The predicted molar refractivity (Wildman–Crippen MR) is 113 cm³/mol. The van der Waals surface area contributed by atoms with E-state index < -0.39 is 13.9 Å². The molecule has 0 aliphatic rings. The number of rotatable bonds is 6. The largest absolute Gasteiger partial charge is 0.456 e. The molecule has 4 nitrogen and oxygen atoms in total. The average Bonchev–Trinajstić information content (AvgIpc) is 2.45. The van der Waals surface area contributed by atoms with E-state index in [1.54, 1.807) is 18.2 Å². The number of anilines is 1. The maximum absolute atomic E-state index is 12.2. The third-order valence-electron chi connectivity index (χ3n) is 4.57. The van der Waals surface area contributed by atoms with Crippen LogP contribution >= 0.6 is 0 Å². The lowest BCUT2D eigenvalue weighted by atomic mass is 10.1. The first-order valence-electron chi connectivity index (χ1n) is 9.16. The molecule has 0 aliphatic carbocycles. The molecule has 0 aromatic heterocycles. The van der Waals surface area contributed by atoms with Gasteiger partial charge < -0.3 is 14.9 Å². The summed E-state index contributed by atoms with van der Waals surface area (Å²) >= 11 is 0. The number of carbonyl (C=O) groups excluding carboxylic acids is 1. The number of carbonyl (C=O) groups is 1. The number of esters is 1. The van der Waals surface area contributed by atoms with Crippen molar-refractivity contribution in [2.75, 3.05) is 12.3 Å². The van der Waals surface area contributed by atoms with Gasteiger partial charge >= 0.3 is 5.97 Å². The molecule has 0 unspecified atom stereocenters. The van der Waals surface area contributed by atoms with Crippen LogP contribution in [0.4, 0.5) is 5.69 Å². The summed E-state index contributed by atoms with van der Waals surface area (Å²) in [6.45, 7) is 17.5. The Balaban J connectivity index is 2.71. The van der Waals surface area contributed by atoms with E-state index in [0.29, 0.717) is 17.9 Å². The lowest BCUT2D eigenvalue weighted by Gasteiger charge is -2.36. The van der Waals surface area contributed by atoms with Crippen molar-refractivity contribution in [1.29, 1.82) is 0 Å². The number of hydrogen-bond acceptors (Lipinski definition) is 4. The third-order valence-corrected chi connectivity index (χ3v) is 9.11. The second-order valence-electron chi connectivity index (χ2n) is 9.15. The molecule has 2 N–H and O–H groups in total. The Hall–Kier alpha value is -1.59. The number of nitrogens with two attached hydrogens (primary N) is 1. The molecule has 1 rings (SSSR count). The van der Waals surface area contributed by atoms with Crippen LogP contribution in [0, 0.1) is 0 Å². The summed E-state index contributed by atoms with van der Waals surface area (Å²) in [6.07, 6.45) is 4.79. The highest BCUT2D eigenvalue weighted by Crippen LogP contribution is 2.36. The Morgan fingerprint density at radius 1 is 1.15 bits per heavy atom. The Morgan fingerprint density at radius 3 is 2.31 bits per heavy atom. The van der Waals surface area contributed by atoms with Crippen LogP contribution in [0.5, 0.6) is 0 Å². The van der Waals surface area contributed by atoms with Crippen molar-refractivity contribution in [1.82, 2.24) is 0 Å². The van der Waals surface area contributed by atoms with Crippen molar-refractivity contribution in [3.05, 3.63) is 35.4 Å². The minimum Gasteiger partial charge on any atom is -0.456 e. The van der Waals surface area contributed by atoms with Gasteiger partial charge in [-0.2, -0.15) is 0 Å². The summed E-state index contributed by atoms with van der Waals surface area (Å²) in [7, 11) is -1.71. The van der Waals surface area contributed by atoms with Gasteiger partial charge in [-0.15, -0.1) is 0 Å². The van der Waals surface area contributed by atoms with Gasteiger partial charge in [0.25, 0.3) is 0 Å². The molecule has 26 heavy (non-hydrogen) atoms. The summed E-state index contributed by atoms with van der Waals surface area (Å²) in [5.74, 6) is -0.339. The first-order chi connectivity index (χ1) is 11.7. The molecule has 0 radical (unpaired) electrons. The Labute approximate surface area is 159 Å². The van der Waals surface area contributed by atoms with Gasteiger partial charge in [-0.3, -0.25) is 0 Å². The van der Waals surface area contributed by atoms with E-state index in [0.717, 1.165) is 12.0 Å². The van der Waals surface area contributed by atoms with Crippen molar-refractivity contribution in [2.24, 2.45) is 0 Å². The van der Waals surface area contributed by atoms with Crippen LogP contribution in [0.2, 0.25) is 18.1 Å². The number of nitrogen functional groups attached to an aromatic ring is 1. The zero-order chi connectivity index (χ0) is 20.2. The molecule has 1 aromatic rings. The zero-order valence-electron chi connectivity index (χ0n) is 17.6. The number of ether oxygens (including phenoxy) is 1. The standard InChI is InChI=1S/C21H35NO3Si/c1-20(2,3)25-19(23)17-12-13-18(22)16(15-17)11-9-10-14-24-26(7,8)21(4,5)6/h9,11-13,15H,10,14,22H2,1-8H3/b11-9+. The SMILES string of the molecule is CC(C)(C)OC(=O)c1ccc(N)c(/C=C/CCO[Si](C)(C)C(C)(C)C)c1.